The van der Waals surface area contributed by atoms with Crippen LogP contribution in [0.15, 0.2) is 12.3 Å². The molecule has 0 aliphatic heterocycles. The number of aromatic nitrogens is 1. The Labute approximate surface area is 111 Å². The number of nitro groups is 1. The molecule has 0 aliphatic carbocycles. The molecule has 7 nitrogen and oxygen atoms in total. The van der Waals surface area contributed by atoms with Gasteiger partial charge < -0.3 is 10.6 Å². The van der Waals surface area contributed by atoms with E-state index >= 15 is 0 Å². The van der Waals surface area contributed by atoms with Gasteiger partial charge in [-0.15, -0.1) is 0 Å². The number of amides is 1. The van der Waals surface area contributed by atoms with Crippen LogP contribution in [0.2, 0.25) is 0 Å². The van der Waals surface area contributed by atoms with Gasteiger partial charge in [-0.25, -0.2) is 4.98 Å². The Morgan fingerprint density at radius 3 is 2.60 bits per heavy atom. The number of nitrogens with zero attached hydrogens (tertiary/aromatic N) is 2. The van der Waals surface area contributed by atoms with Gasteiger partial charge in [-0.1, -0.05) is 0 Å². The van der Waals surface area contributed by atoms with Crippen molar-refractivity contribution in [2.24, 2.45) is 0 Å². The second kappa shape index (κ2) is 6.17. The van der Waals surface area contributed by atoms with Crippen LogP contribution in [0.25, 0.3) is 0 Å². The first-order chi connectivity index (χ1) is 9.21. The number of hydrogen-bond donors (Lipinski definition) is 2. The molecular formula is C10H11F3N4O3. The van der Waals surface area contributed by atoms with Crippen molar-refractivity contribution in [1.29, 1.82) is 0 Å². The molecule has 0 spiro atoms. The highest BCUT2D eigenvalue weighted by atomic mass is 19.4. The van der Waals surface area contributed by atoms with Gasteiger partial charge in [0.15, 0.2) is 0 Å². The van der Waals surface area contributed by atoms with E-state index in [0.29, 0.717) is 12.3 Å². The Hall–Kier alpha value is -2.39. The third kappa shape index (κ3) is 4.37. The maximum Gasteiger partial charge on any atom is 0.433 e. The molecule has 0 unspecified atom stereocenters. The lowest BCUT2D eigenvalue weighted by Gasteiger charge is -2.10. The lowest BCUT2D eigenvalue weighted by molar-refractivity contribution is -0.384. The fourth-order valence-electron chi connectivity index (χ4n) is 1.33. The number of carbonyl (C=O) groups is 1. The van der Waals surface area contributed by atoms with Crippen molar-refractivity contribution >= 4 is 17.3 Å². The lowest BCUT2D eigenvalue weighted by atomic mass is 10.2. The number of carbonyl (C=O) groups excluding carboxylic acids is 1. The number of rotatable bonds is 5. The molecule has 1 rings (SSSR count). The van der Waals surface area contributed by atoms with Crippen molar-refractivity contribution in [3.05, 3.63) is 28.1 Å². The third-order valence-electron chi connectivity index (χ3n) is 2.18. The Bertz CT molecular complexity index is 519. The molecule has 0 saturated carbocycles. The third-order valence-corrected chi connectivity index (χ3v) is 2.18. The molecule has 0 atom stereocenters. The summed E-state index contributed by atoms with van der Waals surface area (Å²) in [4.78, 5) is 23.5. The number of anilines is 1. The maximum atomic E-state index is 12.5. The molecule has 0 aliphatic rings. The average Bonchev–Trinajstić information content (AvgIpc) is 2.32. The summed E-state index contributed by atoms with van der Waals surface area (Å²) in [5.41, 5.74) is -2.10. The highest BCUT2D eigenvalue weighted by molar-refractivity contribution is 5.72. The summed E-state index contributed by atoms with van der Waals surface area (Å²) in [6.45, 7) is 1.44. The Morgan fingerprint density at radius 1 is 1.45 bits per heavy atom. The van der Waals surface area contributed by atoms with Gasteiger partial charge in [0.2, 0.25) is 5.91 Å². The predicted molar refractivity (Wildman–Crippen MR) is 63.1 cm³/mol. The molecule has 1 aromatic rings. The van der Waals surface area contributed by atoms with Gasteiger partial charge in [0, 0.05) is 20.0 Å². The topological polar surface area (TPSA) is 97.2 Å². The zero-order valence-electron chi connectivity index (χ0n) is 10.3. The van der Waals surface area contributed by atoms with Gasteiger partial charge in [0.25, 0.3) is 0 Å². The largest absolute Gasteiger partial charge is 0.433 e. The smallest absolute Gasteiger partial charge is 0.378 e. The van der Waals surface area contributed by atoms with Crippen LogP contribution in [0.3, 0.4) is 0 Å². The van der Waals surface area contributed by atoms with Crippen LogP contribution in [0, 0.1) is 10.1 Å². The van der Waals surface area contributed by atoms with Crippen molar-refractivity contribution in [2.75, 3.05) is 18.4 Å². The number of alkyl halides is 3. The number of hydrogen-bond acceptors (Lipinski definition) is 5. The van der Waals surface area contributed by atoms with Gasteiger partial charge in [-0.2, -0.15) is 13.2 Å². The molecule has 1 amide bonds. The summed E-state index contributed by atoms with van der Waals surface area (Å²) in [7, 11) is 0. The van der Waals surface area contributed by atoms with Crippen LogP contribution in [-0.4, -0.2) is 28.9 Å². The SMILES string of the molecule is CC(=O)NCCNc1cc(C(F)(F)F)ncc1[N+](=O)[O-]. The van der Waals surface area contributed by atoms with Crippen molar-refractivity contribution in [3.63, 3.8) is 0 Å². The molecule has 0 radical (unpaired) electrons. The van der Waals surface area contributed by atoms with E-state index in [0.717, 1.165) is 0 Å². The summed E-state index contributed by atoms with van der Waals surface area (Å²) in [6.07, 6.45) is -4.15. The van der Waals surface area contributed by atoms with Gasteiger partial charge in [0.05, 0.1) is 4.92 Å². The van der Waals surface area contributed by atoms with Gasteiger partial charge in [0.1, 0.15) is 17.6 Å². The van der Waals surface area contributed by atoms with Crippen molar-refractivity contribution in [1.82, 2.24) is 10.3 Å². The van der Waals surface area contributed by atoms with E-state index in [1.165, 1.54) is 6.92 Å². The molecule has 1 heterocycles. The molecule has 10 heteroatoms. The zero-order valence-corrected chi connectivity index (χ0v) is 10.3. The van der Waals surface area contributed by atoms with Crippen molar-refractivity contribution < 1.29 is 22.9 Å². The summed E-state index contributed by atoms with van der Waals surface area (Å²) >= 11 is 0. The molecular weight excluding hydrogens is 281 g/mol. The zero-order chi connectivity index (χ0) is 15.3. The number of pyridine rings is 1. The Kier molecular flexibility index (Phi) is 4.83. The van der Waals surface area contributed by atoms with Crippen LogP contribution in [-0.2, 0) is 11.0 Å². The highest BCUT2D eigenvalue weighted by Gasteiger charge is 2.34. The van der Waals surface area contributed by atoms with Crippen LogP contribution >= 0.6 is 0 Å². The van der Waals surface area contributed by atoms with Crippen LogP contribution in [0.1, 0.15) is 12.6 Å². The van der Waals surface area contributed by atoms with Gasteiger partial charge in [-0.3, -0.25) is 14.9 Å². The normalized spacial score (nSPS) is 11.0. The van der Waals surface area contributed by atoms with E-state index in [-0.39, 0.29) is 24.7 Å². The van der Waals surface area contributed by atoms with Crippen LogP contribution in [0.5, 0.6) is 0 Å². The first kappa shape index (κ1) is 15.7. The van der Waals surface area contributed by atoms with Crippen LogP contribution < -0.4 is 10.6 Å². The molecule has 110 valence electrons. The van der Waals surface area contributed by atoms with Crippen molar-refractivity contribution in [3.8, 4) is 0 Å². The minimum Gasteiger partial charge on any atom is -0.378 e. The first-order valence-electron chi connectivity index (χ1n) is 5.41. The molecule has 0 bridgehead atoms. The van der Waals surface area contributed by atoms with E-state index in [2.05, 4.69) is 15.6 Å². The fourth-order valence-corrected chi connectivity index (χ4v) is 1.33. The summed E-state index contributed by atoms with van der Waals surface area (Å²) in [5, 5.41) is 15.6. The van der Waals surface area contributed by atoms with E-state index in [4.69, 9.17) is 0 Å². The molecule has 0 aromatic carbocycles. The van der Waals surface area contributed by atoms with Crippen molar-refractivity contribution in [2.45, 2.75) is 13.1 Å². The standard InChI is InChI=1S/C10H11F3N4O3/c1-6(18)14-2-3-15-7-4-9(10(11,12)13)16-5-8(7)17(19)20/h4-5H,2-3H2,1H3,(H,14,18)(H,15,16). The van der Waals surface area contributed by atoms with E-state index in [1.807, 2.05) is 0 Å². The second-order valence-electron chi connectivity index (χ2n) is 3.75. The first-order valence-corrected chi connectivity index (χ1v) is 5.41. The monoisotopic (exact) mass is 292 g/mol. The lowest BCUT2D eigenvalue weighted by Crippen LogP contribution is -2.26. The average molecular weight is 292 g/mol. The Morgan fingerprint density at radius 2 is 2.10 bits per heavy atom. The van der Waals surface area contributed by atoms with E-state index in [1.54, 1.807) is 0 Å². The van der Waals surface area contributed by atoms with Crippen LogP contribution in [0.4, 0.5) is 24.5 Å². The molecule has 1 aromatic heterocycles. The predicted octanol–water partition coefficient (Wildman–Crippen LogP) is 1.56. The van der Waals surface area contributed by atoms with E-state index in [9.17, 15) is 28.1 Å². The summed E-state index contributed by atoms with van der Waals surface area (Å²) < 4.78 is 37.4. The summed E-state index contributed by atoms with van der Waals surface area (Å²) in [5.74, 6) is -0.313. The maximum absolute atomic E-state index is 12.5. The highest BCUT2D eigenvalue weighted by Crippen LogP contribution is 2.32. The van der Waals surface area contributed by atoms with Gasteiger partial charge >= 0.3 is 11.9 Å². The number of nitrogens with one attached hydrogen (secondary N) is 2. The quantitative estimate of drug-likeness (QED) is 0.487. The number of halogens is 3. The molecule has 0 fully saturated rings. The molecule has 2 N–H and O–H groups in total. The minimum absolute atomic E-state index is 0.0434. The fraction of sp³-hybridized carbons (Fsp3) is 0.400. The molecule has 20 heavy (non-hydrogen) atoms. The van der Waals surface area contributed by atoms with Gasteiger partial charge in [-0.05, 0) is 6.07 Å². The Balaban J connectivity index is 2.89. The second-order valence-corrected chi connectivity index (χ2v) is 3.75. The summed E-state index contributed by atoms with van der Waals surface area (Å²) in [6, 6.07) is 0.561. The molecule has 0 saturated heterocycles. The van der Waals surface area contributed by atoms with E-state index < -0.39 is 22.5 Å². The minimum atomic E-state index is -4.69.